The van der Waals surface area contributed by atoms with Crippen LogP contribution in [0.1, 0.15) is 28.4 Å². The summed E-state index contributed by atoms with van der Waals surface area (Å²) in [5, 5.41) is 10.4. The number of aryl methyl sites for hydroxylation is 2. The molecule has 1 unspecified atom stereocenters. The quantitative estimate of drug-likeness (QED) is 0.764. The van der Waals surface area contributed by atoms with Crippen molar-refractivity contribution >= 4 is 31.9 Å². The standard InChI is InChI=1S/C15H13Br2FO/c1-8-3-10(6-11(18)4-8)15(19)12-7-13(16)9(2)5-14(12)17/h3-7,15,19H,1-2H3. The highest BCUT2D eigenvalue weighted by Crippen LogP contribution is 2.33. The number of benzene rings is 2. The molecule has 1 nitrogen and oxygen atoms in total. The predicted molar refractivity (Wildman–Crippen MR) is 81.8 cm³/mol. The molecule has 1 N–H and O–H groups in total. The van der Waals surface area contributed by atoms with Crippen LogP contribution in [-0.4, -0.2) is 5.11 Å². The van der Waals surface area contributed by atoms with E-state index >= 15 is 0 Å². The predicted octanol–water partition coefficient (Wildman–Crippen LogP) is 5.05. The summed E-state index contributed by atoms with van der Waals surface area (Å²) in [7, 11) is 0. The second-order valence-electron chi connectivity index (χ2n) is 4.59. The zero-order valence-electron chi connectivity index (χ0n) is 10.5. The van der Waals surface area contributed by atoms with E-state index in [0.29, 0.717) is 11.1 Å². The lowest BCUT2D eigenvalue weighted by molar-refractivity contribution is 0.219. The average molecular weight is 388 g/mol. The van der Waals surface area contributed by atoms with Gasteiger partial charge in [-0.05, 0) is 54.8 Å². The minimum absolute atomic E-state index is 0.337. The molecule has 0 heterocycles. The fraction of sp³-hybridized carbons (Fsp3) is 0.200. The van der Waals surface area contributed by atoms with Gasteiger partial charge in [0.15, 0.2) is 0 Å². The average Bonchev–Trinajstić information content (AvgIpc) is 2.31. The minimum atomic E-state index is -0.860. The molecule has 0 aliphatic carbocycles. The third-order valence-corrected chi connectivity index (χ3v) is 4.49. The lowest BCUT2D eigenvalue weighted by atomic mass is 9.99. The van der Waals surface area contributed by atoms with E-state index in [2.05, 4.69) is 31.9 Å². The van der Waals surface area contributed by atoms with E-state index < -0.39 is 6.10 Å². The summed E-state index contributed by atoms with van der Waals surface area (Å²) in [6, 6.07) is 8.36. The van der Waals surface area contributed by atoms with Crippen molar-refractivity contribution < 1.29 is 9.50 Å². The molecule has 0 aliphatic heterocycles. The number of halogens is 3. The van der Waals surface area contributed by atoms with Gasteiger partial charge in [-0.25, -0.2) is 4.39 Å². The van der Waals surface area contributed by atoms with Crippen molar-refractivity contribution in [3.63, 3.8) is 0 Å². The Hall–Kier alpha value is -0.710. The van der Waals surface area contributed by atoms with E-state index in [1.54, 1.807) is 13.0 Å². The second-order valence-corrected chi connectivity index (χ2v) is 6.30. The first-order valence-corrected chi connectivity index (χ1v) is 7.38. The molecular weight excluding hydrogens is 375 g/mol. The van der Waals surface area contributed by atoms with Crippen LogP contribution in [0.25, 0.3) is 0 Å². The zero-order valence-corrected chi connectivity index (χ0v) is 13.7. The van der Waals surface area contributed by atoms with Crippen LogP contribution < -0.4 is 0 Å². The lowest BCUT2D eigenvalue weighted by Crippen LogP contribution is -2.02. The molecule has 100 valence electrons. The summed E-state index contributed by atoms with van der Waals surface area (Å²) >= 11 is 6.89. The fourth-order valence-electron chi connectivity index (χ4n) is 1.97. The highest BCUT2D eigenvalue weighted by atomic mass is 79.9. The first-order valence-electron chi connectivity index (χ1n) is 5.79. The van der Waals surface area contributed by atoms with Crippen LogP contribution in [0.2, 0.25) is 0 Å². The third kappa shape index (κ3) is 3.25. The molecule has 2 aromatic rings. The molecule has 0 bridgehead atoms. The van der Waals surface area contributed by atoms with Crippen molar-refractivity contribution in [2.24, 2.45) is 0 Å². The Morgan fingerprint density at radius 1 is 1.00 bits per heavy atom. The Morgan fingerprint density at radius 2 is 1.68 bits per heavy atom. The summed E-state index contributed by atoms with van der Waals surface area (Å²) < 4.78 is 15.1. The van der Waals surface area contributed by atoms with Crippen molar-refractivity contribution in [3.8, 4) is 0 Å². The molecule has 1 atom stereocenters. The van der Waals surface area contributed by atoms with Gasteiger partial charge in [-0.2, -0.15) is 0 Å². The third-order valence-electron chi connectivity index (χ3n) is 2.95. The van der Waals surface area contributed by atoms with Crippen LogP contribution in [0.4, 0.5) is 4.39 Å². The topological polar surface area (TPSA) is 20.2 Å². The first-order chi connectivity index (χ1) is 8.88. The van der Waals surface area contributed by atoms with Crippen LogP contribution >= 0.6 is 31.9 Å². The van der Waals surface area contributed by atoms with E-state index in [9.17, 15) is 9.50 Å². The highest BCUT2D eigenvalue weighted by Gasteiger charge is 2.16. The van der Waals surface area contributed by atoms with Crippen molar-refractivity contribution in [3.05, 3.63) is 67.3 Å². The van der Waals surface area contributed by atoms with Crippen molar-refractivity contribution in [1.29, 1.82) is 0 Å². The molecule has 0 fully saturated rings. The van der Waals surface area contributed by atoms with Crippen LogP contribution in [0, 0.1) is 19.7 Å². The van der Waals surface area contributed by atoms with Crippen molar-refractivity contribution in [2.75, 3.05) is 0 Å². The number of hydrogen-bond acceptors (Lipinski definition) is 1. The van der Waals surface area contributed by atoms with Crippen LogP contribution in [0.3, 0.4) is 0 Å². The van der Waals surface area contributed by atoms with E-state index in [0.717, 1.165) is 20.1 Å². The van der Waals surface area contributed by atoms with Gasteiger partial charge in [0.05, 0.1) is 0 Å². The molecule has 0 spiro atoms. The number of aliphatic hydroxyl groups is 1. The second kappa shape index (κ2) is 5.73. The van der Waals surface area contributed by atoms with Gasteiger partial charge in [-0.15, -0.1) is 0 Å². The summed E-state index contributed by atoms with van der Waals surface area (Å²) in [5.41, 5.74) is 3.12. The maximum atomic E-state index is 13.4. The lowest BCUT2D eigenvalue weighted by Gasteiger charge is -2.15. The van der Waals surface area contributed by atoms with Gasteiger partial charge in [-0.3, -0.25) is 0 Å². The molecule has 2 aromatic carbocycles. The molecule has 0 amide bonds. The van der Waals surface area contributed by atoms with E-state index in [-0.39, 0.29) is 5.82 Å². The molecule has 19 heavy (non-hydrogen) atoms. The van der Waals surface area contributed by atoms with Gasteiger partial charge in [0.2, 0.25) is 0 Å². The molecule has 2 rings (SSSR count). The largest absolute Gasteiger partial charge is 0.384 e. The normalized spacial score (nSPS) is 12.5. The molecule has 0 saturated heterocycles. The Morgan fingerprint density at radius 3 is 2.32 bits per heavy atom. The monoisotopic (exact) mass is 386 g/mol. The molecule has 0 radical (unpaired) electrons. The van der Waals surface area contributed by atoms with Crippen LogP contribution in [0.15, 0.2) is 39.3 Å². The molecule has 0 saturated carbocycles. The summed E-state index contributed by atoms with van der Waals surface area (Å²) in [5.74, 6) is -0.337. The van der Waals surface area contributed by atoms with Gasteiger partial charge >= 0.3 is 0 Å². The summed E-state index contributed by atoms with van der Waals surface area (Å²) in [6.07, 6.45) is -0.860. The Labute approximate surface area is 128 Å². The molecule has 0 aromatic heterocycles. The van der Waals surface area contributed by atoms with Crippen molar-refractivity contribution in [2.45, 2.75) is 20.0 Å². The maximum absolute atomic E-state index is 13.4. The van der Waals surface area contributed by atoms with Gasteiger partial charge in [0.25, 0.3) is 0 Å². The van der Waals surface area contributed by atoms with Gasteiger partial charge < -0.3 is 5.11 Å². The van der Waals surface area contributed by atoms with Gasteiger partial charge in [0, 0.05) is 14.5 Å². The van der Waals surface area contributed by atoms with E-state index in [4.69, 9.17) is 0 Å². The van der Waals surface area contributed by atoms with Crippen LogP contribution in [0.5, 0.6) is 0 Å². The number of hydrogen-bond donors (Lipinski definition) is 1. The molecule has 4 heteroatoms. The smallest absolute Gasteiger partial charge is 0.123 e. The SMILES string of the molecule is Cc1cc(F)cc(C(O)c2cc(Br)c(C)cc2Br)c1. The molecule has 0 aliphatic rings. The zero-order chi connectivity index (χ0) is 14.2. The summed E-state index contributed by atoms with van der Waals surface area (Å²) in [6.45, 7) is 3.77. The molecular formula is C15H13Br2FO. The highest BCUT2D eigenvalue weighted by molar-refractivity contribution is 9.11. The van der Waals surface area contributed by atoms with Gasteiger partial charge in [-0.1, -0.05) is 37.9 Å². The number of aliphatic hydroxyl groups excluding tert-OH is 1. The van der Waals surface area contributed by atoms with Crippen molar-refractivity contribution in [1.82, 2.24) is 0 Å². The fourth-order valence-corrected chi connectivity index (χ4v) is 3.01. The Bertz CT molecular complexity index is 606. The summed E-state index contributed by atoms with van der Waals surface area (Å²) in [4.78, 5) is 0. The van der Waals surface area contributed by atoms with Crippen LogP contribution in [-0.2, 0) is 0 Å². The van der Waals surface area contributed by atoms with E-state index in [1.165, 1.54) is 12.1 Å². The maximum Gasteiger partial charge on any atom is 0.123 e. The number of rotatable bonds is 2. The van der Waals surface area contributed by atoms with E-state index in [1.807, 2.05) is 19.1 Å². The first kappa shape index (κ1) is 14.7. The minimum Gasteiger partial charge on any atom is -0.384 e. The Balaban J connectivity index is 2.49. The van der Waals surface area contributed by atoms with Gasteiger partial charge in [0.1, 0.15) is 11.9 Å². The Kier molecular flexibility index (Phi) is 4.43.